The number of nitrogens with two attached hydrogens (primary N) is 1. The zero-order valence-corrected chi connectivity index (χ0v) is 13.3. The predicted molar refractivity (Wildman–Crippen MR) is 86.4 cm³/mol. The molecule has 2 N–H and O–H groups in total. The van der Waals surface area contributed by atoms with Crippen molar-refractivity contribution in [3.05, 3.63) is 0 Å². The second-order valence-corrected chi connectivity index (χ2v) is 6.68. The highest BCUT2D eigenvalue weighted by Crippen LogP contribution is 2.27. The summed E-state index contributed by atoms with van der Waals surface area (Å²) in [5, 5.41) is 0. The lowest BCUT2D eigenvalue weighted by molar-refractivity contribution is 0.283. The Morgan fingerprint density at radius 3 is 1.84 bits per heavy atom. The third-order valence-electron chi connectivity index (χ3n) is 4.90. The Morgan fingerprint density at radius 1 is 0.737 bits per heavy atom. The molecule has 1 fully saturated rings. The fourth-order valence-electron chi connectivity index (χ4n) is 3.49. The van der Waals surface area contributed by atoms with Crippen molar-refractivity contribution in [2.24, 2.45) is 11.7 Å². The van der Waals surface area contributed by atoms with E-state index in [1.54, 1.807) is 0 Å². The molecule has 0 saturated heterocycles. The zero-order chi connectivity index (χ0) is 13.8. The predicted octanol–water partition coefficient (Wildman–Crippen LogP) is 5.81. The van der Waals surface area contributed by atoms with E-state index in [0.29, 0.717) is 6.04 Å². The van der Waals surface area contributed by atoms with Gasteiger partial charge in [0.05, 0.1) is 0 Å². The molecule has 0 amide bonds. The van der Waals surface area contributed by atoms with Gasteiger partial charge < -0.3 is 5.73 Å². The fourth-order valence-corrected chi connectivity index (χ4v) is 3.49. The summed E-state index contributed by atoms with van der Waals surface area (Å²) in [6.45, 7) is 2.29. The van der Waals surface area contributed by atoms with Gasteiger partial charge in [-0.3, -0.25) is 0 Å². The van der Waals surface area contributed by atoms with Gasteiger partial charge in [-0.25, -0.2) is 0 Å². The second-order valence-electron chi connectivity index (χ2n) is 6.68. The quantitative estimate of drug-likeness (QED) is 0.469. The molecule has 0 aromatic rings. The number of rotatable bonds is 11. The van der Waals surface area contributed by atoms with E-state index in [2.05, 4.69) is 6.92 Å². The van der Waals surface area contributed by atoms with Crippen LogP contribution in [0.15, 0.2) is 0 Å². The van der Waals surface area contributed by atoms with Crippen LogP contribution in [0.25, 0.3) is 0 Å². The van der Waals surface area contributed by atoms with Crippen LogP contribution in [-0.4, -0.2) is 6.04 Å². The van der Waals surface area contributed by atoms with E-state index in [9.17, 15) is 0 Å². The summed E-state index contributed by atoms with van der Waals surface area (Å²) < 4.78 is 0. The molecule has 2 unspecified atom stereocenters. The molecule has 1 heteroatoms. The minimum atomic E-state index is 0.521. The van der Waals surface area contributed by atoms with Crippen molar-refractivity contribution in [2.75, 3.05) is 0 Å². The van der Waals surface area contributed by atoms with Crippen LogP contribution in [0.5, 0.6) is 0 Å². The lowest BCUT2D eigenvalue weighted by atomic mass is 9.82. The topological polar surface area (TPSA) is 26.0 Å². The van der Waals surface area contributed by atoms with E-state index in [1.807, 2.05) is 0 Å². The third-order valence-corrected chi connectivity index (χ3v) is 4.90. The van der Waals surface area contributed by atoms with Gasteiger partial charge in [0.2, 0.25) is 0 Å². The minimum absolute atomic E-state index is 0.521. The van der Waals surface area contributed by atoms with E-state index in [4.69, 9.17) is 5.73 Å². The van der Waals surface area contributed by atoms with Crippen molar-refractivity contribution < 1.29 is 0 Å². The van der Waals surface area contributed by atoms with Crippen LogP contribution in [0.2, 0.25) is 0 Å². The Hall–Kier alpha value is -0.0400. The average molecular weight is 268 g/mol. The Labute approximate surface area is 121 Å². The molecule has 19 heavy (non-hydrogen) atoms. The molecule has 114 valence electrons. The lowest BCUT2D eigenvalue weighted by Crippen LogP contribution is -2.32. The maximum Gasteiger partial charge on any atom is 0.00671 e. The normalized spacial score (nSPS) is 23.7. The largest absolute Gasteiger partial charge is 0.327 e. The summed E-state index contributed by atoms with van der Waals surface area (Å²) >= 11 is 0. The maximum atomic E-state index is 6.20. The SMILES string of the molecule is CCCCCCCCCCCCC1CCCCC1N. The van der Waals surface area contributed by atoms with Crippen LogP contribution < -0.4 is 5.73 Å². The molecular weight excluding hydrogens is 230 g/mol. The van der Waals surface area contributed by atoms with Gasteiger partial charge in [-0.1, -0.05) is 84.0 Å². The summed E-state index contributed by atoms with van der Waals surface area (Å²) in [5.74, 6) is 0.850. The van der Waals surface area contributed by atoms with E-state index >= 15 is 0 Å². The van der Waals surface area contributed by atoms with E-state index < -0.39 is 0 Å². The molecule has 0 radical (unpaired) electrons. The summed E-state index contributed by atoms with van der Waals surface area (Å²) in [4.78, 5) is 0. The van der Waals surface area contributed by atoms with Crippen LogP contribution in [0.3, 0.4) is 0 Å². The lowest BCUT2D eigenvalue weighted by Gasteiger charge is -2.28. The van der Waals surface area contributed by atoms with Crippen LogP contribution in [0.4, 0.5) is 0 Å². The highest BCUT2D eigenvalue weighted by atomic mass is 14.7. The van der Waals surface area contributed by atoms with Gasteiger partial charge in [0.1, 0.15) is 0 Å². The summed E-state index contributed by atoms with van der Waals surface area (Å²) in [6, 6.07) is 0.521. The van der Waals surface area contributed by atoms with Crippen molar-refractivity contribution in [3.63, 3.8) is 0 Å². The first-order valence-electron chi connectivity index (χ1n) is 9.10. The van der Waals surface area contributed by atoms with Crippen LogP contribution in [0.1, 0.15) is 103 Å². The Kier molecular flexibility index (Phi) is 10.5. The van der Waals surface area contributed by atoms with E-state index in [1.165, 1.54) is 96.3 Å². The van der Waals surface area contributed by atoms with Gasteiger partial charge >= 0.3 is 0 Å². The third kappa shape index (κ3) is 8.68. The number of hydrogen-bond acceptors (Lipinski definition) is 1. The van der Waals surface area contributed by atoms with Crippen LogP contribution in [0, 0.1) is 5.92 Å². The molecule has 0 aliphatic heterocycles. The standard InChI is InChI=1S/C18H37N/c1-2-3-4-5-6-7-8-9-10-11-14-17-15-12-13-16-18(17)19/h17-18H,2-16,19H2,1H3. The Morgan fingerprint density at radius 2 is 1.26 bits per heavy atom. The Balaban J connectivity index is 1.80. The molecule has 1 aliphatic carbocycles. The first kappa shape index (κ1) is 17.0. The molecule has 2 atom stereocenters. The maximum absolute atomic E-state index is 6.20. The van der Waals surface area contributed by atoms with Crippen molar-refractivity contribution in [1.82, 2.24) is 0 Å². The number of unbranched alkanes of at least 4 members (excludes halogenated alkanes) is 9. The smallest absolute Gasteiger partial charge is 0.00671 e. The van der Waals surface area contributed by atoms with Crippen LogP contribution in [-0.2, 0) is 0 Å². The molecule has 1 aliphatic rings. The van der Waals surface area contributed by atoms with Gasteiger partial charge in [-0.05, 0) is 25.2 Å². The van der Waals surface area contributed by atoms with Crippen molar-refractivity contribution >= 4 is 0 Å². The first-order chi connectivity index (χ1) is 9.34. The molecule has 1 saturated carbocycles. The molecule has 0 bridgehead atoms. The zero-order valence-electron chi connectivity index (χ0n) is 13.3. The van der Waals surface area contributed by atoms with Crippen molar-refractivity contribution in [3.8, 4) is 0 Å². The van der Waals surface area contributed by atoms with Gasteiger partial charge in [-0.2, -0.15) is 0 Å². The molecular formula is C18H37N. The molecule has 1 nitrogen and oxygen atoms in total. The Bertz CT molecular complexity index is 190. The summed E-state index contributed by atoms with van der Waals surface area (Å²) in [6.07, 6.45) is 21.3. The fraction of sp³-hybridized carbons (Fsp3) is 1.00. The van der Waals surface area contributed by atoms with E-state index in [-0.39, 0.29) is 0 Å². The van der Waals surface area contributed by atoms with Gasteiger partial charge in [-0.15, -0.1) is 0 Å². The monoisotopic (exact) mass is 267 g/mol. The van der Waals surface area contributed by atoms with Gasteiger partial charge in [0, 0.05) is 6.04 Å². The van der Waals surface area contributed by atoms with Crippen molar-refractivity contribution in [1.29, 1.82) is 0 Å². The van der Waals surface area contributed by atoms with Crippen molar-refractivity contribution in [2.45, 2.75) is 109 Å². The summed E-state index contributed by atoms with van der Waals surface area (Å²) in [5.41, 5.74) is 6.20. The summed E-state index contributed by atoms with van der Waals surface area (Å²) in [7, 11) is 0. The molecule has 0 spiro atoms. The first-order valence-corrected chi connectivity index (χ1v) is 9.10. The molecule has 0 heterocycles. The van der Waals surface area contributed by atoms with Gasteiger partial charge in [0.15, 0.2) is 0 Å². The van der Waals surface area contributed by atoms with Gasteiger partial charge in [0.25, 0.3) is 0 Å². The molecule has 0 aromatic heterocycles. The average Bonchev–Trinajstić information content (AvgIpc) is 2.43. The number of hydrogen-bond donors (Lipinski definition) is 1. The molecule has 1 rings (SSSR count). The highest BCUT2D eigenvalue weighted by molar-refractivity contribution is 4.77. The van der Waals surface area contributed by atoms with E-state index in [0.717, 1.165) is 5.92 Å². The van der Waals surface area contributed by atoms with Crippen LogP contribution >= 0.6 is 0 Å². The minimum Gasteiger partial charge on any atom is -0.327 e. The highest BCUT2D eigenvalue weighted by Gasteiger charge is 2.20. The second kappa shape index (κ2) is 11.8. The molecule has 0 aromatic carbocycles.